The van der Waals surface area contributed by atoms with Crippen LogP contribution < -0.4 is 36.5 Å². The number of amides is 4. The van der Waals surface area contributed by atoms with Gasteiger partial charge in [-0.3, -0.25) is 47.9 Å². The van der Waals surface area contributed by atoms with Gasteiger partial charge in [-0.05, 0) is 188 Å². The van der Waals surface area contributed by atoms with Crippen LogP contribution in [-0.2, 0) is 107 Å². The van der Waals surface area contributed by atoms with Crippen molar-refractivity contribution in [2.75, 3.05) is 60.8 Å². The zero-order chi connectivity index (χ0) is 102. The van der Waals surface area contributed by atoms with Crippen molar-refractivity contribution >= 4 is 146 Å². The fraction of sp³-hybridized carbons (Fsp3) is 0.346. The van der Waals surface area contributed by atoms with Gasteiger partial charge in [-0.2, -0.15) is 0 Å². The van der Waals surface area contributed by atoms with Gasteiger partial charge in [0.1, 0.15) is 126 Å². The number of hydrogen-bond acceptors (Lipinski definition) is 25. The van der Waals surface area contributed by atoms with E-state index in [9.17, 15) is 73.6 Å². The van der Waals surface area contributed by atoms with Crippen LogP contribution in [0.15, 0.2) is 228 Å². The molecule has 0 aliphatic carbocycles. The predicted molar refractivity (Wildman–Crippen MR) is 539 cm³/mol. The molecule has 4 aromatic heterocycles. The summed E-state index contributed by atoms with van der Waals surface area (Å²) in [5.74, 6) is -7.30. The first-order chi connectivity index (χ1) is 67.8. The van der Waals surface area contributed by atoms with Crippen LogP contribution in [0.2, 0.25) is 10.0 Å². The zero-order valence-electron chi connectivity index (χ0n) is 79.7. The van der Waals surface area contributed by atoms with Crippen LogP contribution >= 0.6 is 23.2 Å². The number of anilines is 4. The van der Waals surface area contributed by atoms with Gasteiger partial charge in [0.15, 0.2) is 11.6 Å². The van der Waals surface area contributed by atoms with E-state index in [2.05, 4.69) is 41.2 Å². The molecule has 4 amide bonds. The lowest BCUT2D eigenvalue weighted by molar-refractivity contribution is -0.135. The minimum absolute atomic E-state index is 0.0847. The van der Waals surface area contributed by atoms with E-state index >= 15 is 0 Å². The number of halogens is 4. The normalized spacial score (nSPS) is 12.7. The van der Waals surface area contributed by atoms with E-state index in [1.165, 1.54) is 46.7 Å². The lowest BCUT2D eigenvalue weighted by Crippen LogP contribution is -2.43. The summed E-state index contributed by atoms with van der Waals surface area (Å²) in [6.45, 7) is 5.96. The standard InChI is InChI=1S/C107H115Cl2F2N11O18S2/c1-67(2)45-75(94(125)32-39-103(130)121(41-43-141(5,133)134)61-85-27-36-98(139-85)73-23-30-92-87(53-73)105(117-65-115-92)119-81-25-34-100(89(108)57-81)137-63-71-19-13-21-79(110)49-71)55-96(127)77(47-69-15-9-7-10-16-69)51-83(123)59-113-102(129)38-29-91(112)107(132)114-60-84(124)52-78(48-70-17-11-8-12-18-70)97(128)56-76(46-68(3)4)95(126)33-40-104(131)122(42-44-142(6,135)136)62-86-28-37-99(140-86)74-24-31-93-88(54-74)106(118-66-116-93)120-82-26-35-101(90(109)58-82)138-64-72-20-14-22-80(111)50-72/h7-28,30-31,34-37,49-50,53-54,57-58,65-68,75-78,91H,29,32-33,38-48,51-52,55-56,59-64,112H2,1-6H3,(H,113,129)(H,114,132)(H,115,117,119)(H,116,118,120). The Morgan fingerprint density at radius 3 is 1.26 bits per heavy atom. The number of benzene rings is 8. The Morgan fingerprint density at radius 2 is 0.859 bits per heavy atom. The second-order valence-electron chi connectivity index (χ2n) is 36.5. The number of nitrogens with one attached hydrogen (secondary N) is 4. The molecule has 4 heterocycles. The van der Waals surface area contributed by atoms with Crippen LogP contribution in [0.25, 0.3) is 44.5 Å². The number of Topliss-reactive ketones (excluding diaryl/α,β-unsaturated/α-hetero) is 6. The Morgan fingerprint density at radius 1 is 0.444 bits per heavy atom. The molecule has 12 aromatic rings. The van der Waals surface area contributed by atoms with E-state index in [1.807, 2.05) is 39.8 Å². The summed E-state index contributed by atoms with van der Waals surface area (Å²) in [7, 11) is -7.19. The molecular formula is C107H115Cl2F2N11O18S2. The highest BCUT2D eigenvalue weighted by molar-refractivity contribution is 7.90. The smallest absolute Gasteiger partial charge is 0.237 e. The van der Waals surface area contributed by atoms with Crippen molar-refractivity contribution in [1.82, 2.24) is 40.4 Å². The third-order valence-electron chi connectivity index (χ3n) is 23.9. The minimum Gasteiger partial charge on any atom is -0.487 e. The van der Waals surface area contributed by atoms with Gasteiger partial charge in [-0.15, -0.1) is 0 Å². The number of ether oxygens (including phenoxy) is 2. The highest BCUT2D eigenvalue weighted by atomic mass is 35.5. The third kappa shape index (κ3) is 33.6. The van der Waals surface area contributed by atoms with Gasteiger partial charge < -0.3 is 55.1 Å². The molecule has 0 aliphatic rings. The number of aromatic nitrogens is 4. The maximum Gasteiger partial charge on any atom is 0.237 e. The minimum atomic E-state index is -3.60. The van der Waals surface area contributed by atoms with Crippen molar-refractivity contribution in [3.63, 3.8) is 0 Å². The molecule has 142 heavy (non-hydrogen) atoms. The molecule has 0 spiro atoms. The Balaban J connectivity index is 0.603. The second-order valence-corrected chi connectivity index (χ2v) is 41.9. The first-order valence-corrected chi connectivity index (χ1v) is 51.7. The number of nitrogens with two attached hydrogens (primary N) is 1. The molecule has 0 saturated heterocycles. The van der Waals surface area contributed by atoms with Gasteiger partial charge in [0.2, 0.25) is 23.6 Å². The monoisotopic (exact) mass is 2010 g/mol. The molecule has 0 aliphatic heterocycles. The molecule has 0 bridgehead atoms. The SMILES string of the molecule is CC(C)CC(CC(=O)C(CC(=O)CNC(=O)CCC(N)C(=O)NCC(=O)CC(Cc1ccccc1)C(=O)CC(CC(C)C)C(=O)CCC(=O)N(CCS(C)(=O)=O)Cc1ccc(-c2ccc3ncnc(Nc4ccc(OCc5cccc(F)c5)c(Cl)c4)c3c2)o1)Cc1ccccc1)C(=O)CCC(=O)N(CCS(C)(=O)=O)Cc1ccc(-c2ccc3ncnc(Nc4ccc(OCc5cccc(F)c5)c(Cl)c4)c3c2)o1. The van der Waals surface area contributed by atoms with E-state index in [1.54, 1.807) is 170 Å². The molecular weight excluding hydrogens is 1900 g/mol. The van der Waals surface area contributed by atoms with Crippen molar-refractivity contribution in [2.24, 2.45) is 41.2 Å². The molecule has 6 N–H and O–H groups in total. The van der Waals surface area contributed by atoms with Crippen molar-refractivity contribution in [1.29, 1.82) is 0 Å². The number of hydrogen-bond donors (Lipinski definition) is 5. The fourth-order valence-corrected chi connectivity index (χ4v) is 18.1. The van der Waals surface area contributed by atoms with Crippen molar-refractivity contribution in [3.8, 4) is 34.1 Å². The van der Waals surface area contributed by atoms with Gasteiger partial charge in [0.05, 0.1) is 64.8 Å². The Hall–Kier alpha value is -13.6. The summed E-state index contributed by atoms with van der Waals surface area (Å²) in [6, 6.07) is 56.4. The number of nitrogens with zero attached hydrogens (tertiary/aromatic N) is 6. The summed E-state index contributed by atoms with van der Waals surface area (Å²) in [5, 5.41) is 13.5. The molecule has 12 rings (SSSR count). The molecule has 35 heteroatoms. The molecule has 5 atom stereocenters. The molecule has 5 unspecified atom stereocenters. The van der Waals surface area contributed by atoms with Crippen LogP contribution in [0, 0.1) is 47.1 Å². The number of carbonyl (C=O) groups is 10. The van der Waals surface area contributed by atoms with Crippen molar-refractivity contribution < 1.29 is 91.9 Å². The van der Waals surface area contributed by atoms with Crippen molar-refractivity contribution in [3.05, 3.63) is 274 Å². The average molecular weight is 2020 g/mol. The van der Waals surface area contributed by atoms with Crippen molar-refractivity contribution in [2.45, 2.75) is 150 Å². The van der Waals surface area contributed by atoms with E-state index in [0.717, 1.165) is 23.6 Å². The van der Waals surface area contributed by atoms with E-state index in [0.29, 0.717) is 112 Å². The number of ketones is 6. The Kier molecular flexibility index (Phi) is 38.7. The predicted octanol–water partition coefficient (Wildman–Crippen LogP) is 17.7. The highest BCUT2D eigenvalue weighted by Crippen LogP contribution is 2.38. The van der Waals surface area contributed by atoms with E-state index in [4.69, 9.17) is 47.2 Å². The number of furan rings is 2. The number of rotatable bonds is 56. The van der Waals surface area contributed by atoms with Crippen LogP contribution in [0.4, 0.5) is 31.8 Å². The maximum atomic E-state index is 14.6. The Labute approximate surface area is 833 Å². The van der Waals surface area contributed by atoms with Crippen LogP contribution in [0.5, 0.6) is 11.5 Å². The van der Waals surface area contributed by atoms with Crippen LogP contribution in [0.1, 0.15) is 139 Å². The van der Waals surface area contributed by atoms with Gasteiger partial charge in [-0.25, -0.2) is 45.6 Å². The summed E-state index contributed by atoms with van der Waals surface area (Å²) in [6.07, 6.45) is 2.73. The maximum absolute atomic E-state index is 14.6. The van der Waals surface area contributed by atoms with Gasteiger partial charge >= 0.3 is 0 Å². The molecule has 29 nitrogen and oxygen atoms in total. The fourth-order valence-electron chi connectivity index (χ4n) is 16.5. The molecule has 0 fully saturated rings. The van der Waals surface area contributed by atoms with Gasteiger partial charge in [-0.1, -0.05) is 136 Å². The largest absolute Gasteiger partial charge is 0.487 e. The topological polar surface area (TPSA) is 416 Å². The highest BCUT2D eigenvalue weighted by Gasteiger charge is 2.34. The second kappa shape index (κ2) is 51.2. The zero-order valence-corrected chi connectivity index (χ0v) is 82.9. The van der Waals surface area contributed by atoms with Crippen LogP contribution in [-0.4, -0.2) is 161 Å². The third-order valence-corrected chi connectivity index (χ3v) is 26.4. The molecule has 8 aromatic carbocycles. The summed E-state index contributed by atoms with van der Waals surface area (Å²) >= 11 is 13.3. The Bertz CT molecular complexity index is 6750. The van der Waals surface area contributed by atoms with Crippen LogP contribution in [0.3, 0.4) is 0 Å². The van der Waals surface area contributed by atoms with Gasteiger partial charge in [0, 0.05) is 140 Å². The molecule has 746 valence electrons. The summed E-state index contributed by atoms with van der Waals surface area (Å²) in [4.78, 5) is 162. The van der Waals surface area contributed by atoms with Gasteiger partial charge in [0.25, 0.3) is 0 Å². The summed E-state index contributed by atoms with van der Waals surface area (Å²) in [5.41, 5.74) is 12.6. The summed E-state index contributed by atoms with van der Waals surface area (Å²) < 4.78 is 102. The van der Waals surface area contributed by atoms with E-state index < -0.39 is 103 Å². The lowest BCUT2D eigenvalue weighted by Gasteiger charge is -2.23. The number of carbonyl (C=O) groups excluding carboxylic acids is 10. The number of fused-ring (bicyclic) bond motifs is 2. The first kappa shape index (κ1) is 107. The first-order valence-electron chi connectivity index (χ1n) is 46.8. The molecule has 0 radical (unpaired) electrons. The lowest BCUT2D eigenvalue weighted by atomic mass is 9.81. The number of sulfone groups is 2. The van der Waals surface area contributed by atoms with E-state index in [-0.39, 0.29) is 182 Å². The quantitative estimate of drug-likeness (QED) is 0.0236. The average Bonchev–Trinajstić information content (AvgIpc) is 1.50. The molecule has 0 saturated carbocycles.